The average Bonchev–Trinajstić information content (AvgIpc) is 2.80. The number of nitrogens with one attached hydrogen (secondary N) is 1. The van der Waals surface area contributed by atoms with Gasteiger partial charge in [0.1, 0.15) is 5.84 Å². The van der Waals surface area contributed by atoms with Crippen LogP contribution in [0, 0.1) is 0 Å². The van der Waals surface area contributed by atoms with Crippen LogP contribution < -0.4 is 14.8 Å². The third kappa shape index (κ3) is 3.19. The highest BCUT2D eigenvalue weighted by Gasteiger charge is 2.11. The van der Waals surface area contributed by atoms with Gasteiger partial charge < -0.3 is 14.8 Å². The summed E-state index contributed by atoms with van der Waals surface area (Å²) in [7, 11) is 0. The SMILES string of the molecule is c1cc2c(cc1NC1=NCCCCC1)OCCCO2. The van der Waals surface area contributed by atoms with Crippen molar-refractivity contribution < 1.29 is 9.47 Å². The van der Waals surface area contributed by atoms with E-state index in [0.29, 0.717) is 0 Å². The number of rotatable bonds is 1. The van der Waals surface area contributed by atoms with Crippen molar-refractivity contribution in [3.8, 4) is 11.5 Å². The van der Waals surface area contributed by atoms with E-state index in [9.17, 15) is 0 Å². The molecule has 0 fully saturated rings. The van der Waals surface area contributed by atoms with Crippen molar-refractivity contribution in [2.45, 2.75) is 32.1 Å². The molecule has 0 radical (unpaired) electrons. The zero-order chi connectivity index (χ0) is 12.9. The quantitative estimate of drug-likeness (QED) is 0.843. The van der Waals surface area contributed by atoms with E-state index < -0.39 is 0 Å². The zero-order valence-corrected chi connectivity index (χ0v) is 11.2. The Bertz CT molecular complexity index is 471. The second-order valence-corrected chi connectivity index (χ2v) is 4.98. The van der Waals surface area contributed by atoms with E-state index in [1.807, 2.05) is 18.2 Å². The molecule has 1 aromatic carbocycles. The van der Waals surface area contributed by atoms with Gasteiger partial charge in [-0.1, -0.05) is 6.42 Å². The minimum absolute atomic E-state index is 0.720. The van der Waals surface area contributed by atoms with Gasteiger partial charge in [-0.05, 0) is 25.0 Å². The molecule has 0 unspecified atom stereocenters. The van der Waals surface area contributed by atoms with Gasteiger partial charge in [0.15, 0.2) is 11.5 Å². The number of ether oxygens (including phenoxy) is 2. The van der Waals surface area contributed by atoms with Crippen LogP contribution in [0.15, 0.2) is 23.2 Å². The molecule has 0 saturated carbocycles. The lowest BCUT2D eigenvalue weighted by atomic mass is 10.2. The van der Waals surface area contributed by atoms with Crippen molar-refractivity contribution in [2.24, 2.45) is 4.99 Å². The normalized spacial score (nSPS) is 19.1. The summed E-state index contributed by atoms with van der Waals surface area (Å²) in [6.07, 6.45) is 5.66. The predicted octanol–water partition coefficient (Wildman–Crippen LogP) is 3.23. The molecule has 0 spiro atoms. The molecule has 2 aliphatic heterocycles. The summed E-state index contributed by atoms with van der Waals surface area (Å²) in [6, 6.07) is 6.01. The molecular weight excluding hydrogens is 240 g/mol. The molecule has 0 atom stereocenters. The number of anilines is 1. The van der Waals surface area contributed by atoms with Crippen molar-refractivity contribution in [1.29, 1.82) is 0 Å². The number of benzene rings is 1. The smallest absolute Gasteiger partial charge is 0.163 e. The van der Waals surface area contributed by atoms with Gasteiger partial charge >= 0.3 is 0 Å². The first-order chi connectivity index (χ1) is 9.42. The summed E-state index contributed by atoms with van der Waals surface area (Å²) in [5.41, 5.74) is 1.03. The topological polar surface area (TPSA) is 42.9 Å². The summed E-state index contributed by atoms with van der Waals surface area (Å²) < 4.78 is 11.3. The fourth-order valence-corrected chi connectivity index (χ4v) is 2.38. The third-order valence-corrected chi connectivity index (χ3v) is 3.41. The Morgan fingerprint density at radius 3 is 2.79 bits per heavy atom. The van der Waals surface area contributed by atoms with Crippen molar-refractivity contribution in [3.05, 3.63) is 18.2 Å². The summed E-state index contributed by atoms with van der Waals surface area (Å²) >= 11 is 0. The molecule has 2 heterocycles. The summed E-state index contributed by atoms with van der Waals surface area (Å²) in [4.78, 5) is 4.58. The Morgan fingerprint density at radius 2 is 1.84 bits per heavy atom. The first kappa shape index (κ1) is 12.3. The van der Waals surface area contributed by atoms with E-state index in [2.05, 4.69) is 10.3 Å². The predicted molar refractivity (Wildman–Crippen MR) is 76.4 cm³/mol. The highest BCUT2D eigenvalue weighted by Crippen LogP contribution is 2.32. The van der Waals surface area contributed by atoms with Gasteiger partial charge in [-0.3, -0.25) is 4.99 Å². The lowest BCUT2D eigenvalue weighted by Gasteiger charge is -2.12. The Morgan fingerprint density at radius 1 is 0.947 bits per heavy atom. The van der Waals surface area contributed by atoms with Gasteiger partial charge in [-0.15, -0.1) is 0 Å². The maximum absolute atomic E-state index is 5.70. The molecule has 102 valence electrons. The van der Waals surface area contributed by atoms with Gasteiger partial charge in [-0.2, -0.15) is 0 Å². The lowest BCUT2D eigenvalue weighted by molar-refractivity contribution is 0.297. The second-order valence-electron chi connectivity index (χ2n) is 4.98. The van der Waals surface area contributed by atoms with Crippen LogP contribution in [-0.4, -0.2) is 25.6 Å². The number of hydrogen-bond donors (Lipinski definition) is 1. The van der Waals surface area contributed by atoms with Crippen LogP contribution >= 0.6 is 0 Å². The number of nitrogens with zero attached hydrogens (tertiary/aromatic N) is 1. The van der Waals surface area contributed by atoms with E-state index in [-0.39, 0.29) is 0 Å². The number of amidine groups is 1. The lowest BCUT2D eigenvalue weighted by Crippen LogP contribution is -2.11. The maximum Gasteiger partial charge on any atom is 0.163 e. The number of aliphatic imine (C=N–C) groups is 1. The first-order valence-electron chi connectivity index (χ1n) is 7.12. The Kier molecular flexibility index (Phi) is 3.86. The van der Waals surface area contributed by atoms with Gasteiger partial charge in [0, 0.05) is 31.1 Å². The molecule has 4 nitrogen and oxygen atoms in total. The van der Waals surface area contributed by atoms with Crippen LogP contribution in [-0.2, 0) is 0 Å². The van der Waals surface area contributed by atoms with E-state index in [1.165, 1.54) is 19.3 Å². The van der Waals surface area contributed by atoms with Gasteiger partial charge in [0.05, 0.1) is 13.2 Å². The Hall–Kier alpha value is -1.71. The maximum atomic E-state index is 5.70. The highest BCUT2D eigenvalue weighted by atomic mass is 16.5. The second kappa shape index (κ2) is 5.95. The molecule has 0 aromatic heterocycles. The molecule has 0 bridgehead atoms. The fourth-order valence-electron chi connectivity index (χ4n) is 2.38. The van der Waals surface area contributed by atoms with Crippen molar-refractivity contribution >= 4 is 11.5 Å². The summed E-state index contributed by atoms with van der Waals surface area (Å²) in [5.74, 6) is 2.76. The zero-order valence-electron chi connectivity index (χ0n) is 11.2. The molecule has 0 aliphatic carbocycles. The monoisotopic (exact) mass is 260 g/mol. The van der Waals surface area contributed by atoms with E-state index in [4.69, 9.17) is 9.47 Å². The molecule has 3 rings (SSSR count). The molecule has 19 heavy (non-hydrogen) atoms. The van der Waals surface area contributed by atoms with Crippen LogP contribution in [0.3, 0.4) is 0 Å². The molecular formula is C15H20N2O2. The Balaban J connectivity index is 1.74. The Labute approximate surface area is 113 Å². The molecule has 2 aliphatic rings. The fraction of sp³-hybridized carbons (Fsp3) is 0.533. The van der Waals surface area contributed by atoms with Gasteiger partial charge in [0.25, 0.3) is 0 Å². The van der Waals surface area contributed by atoms with Crippen LogP contribution in [0.1, 0.15) is 32.1 Å². The summed E-state index contributed by atoms with van der Waals surface area (Å²) in [6.45, 7) is 2.39. The van der Waals surface area contributed by atoms with Crippen molar-refractivity contribution in [2.75, 3.05) is 25.1 Å². The van der Waals surface area contributed by atoms with E-state index >= 15 is 0 Å². The number of fused-ring (bicyclic) bond motifs is 1. The molecule has 0 saturated heterocycles. The van der Waals surface area contributed by atoms with Gasteiger partial charge in [-0.25, -0.2) is 0 Å². The minimum Gasteiger partial charge on any atom is -0.490 e. The van der Waals surface area contributed by atoms with Crippen LogP contribution in [0.2, 0.25) is 0 Å². The van der Waals surface area contributed by atoms with Crippen LogP contribution in [0.25, 0.3) is 0 Å². The molecule has 1 N–H and O–H groups in total. The highest BCUT2D eigenvalue weighted by molar-refractivity contribution is 5.95. The van der Waals surface area contributed by atoms with Crippen molar-refractivity contribution in [3.63, 3.8) is 0 Å². The molecule has 0 amide bonds. The van der Waals surface area contributed by atoms with Crippen molar-refractivity contribution in [1.82, 2.24) is 0 Å². The van der Waals surface area contributed by atoms with Crippen LogP contribution in [0.5, 0.6) is 11.5 Å². The summed E-state index contributed by atoms with van der Waals surface area (Å²) in [5, 5.41) is 3.41. The third-order valence-electron chi connectivity index (χ3n) is 3.41. The van der Waals surface area contributed by atoms with Crippen LogP contribution in [0.4, 0.5) is 5.69 Å². The largest absolute Gasteiger partial charge is 0.490 e. The molecule has 1 aromatic rings. The minimum atomic E-state index is 0.720. The standard InChI is InChI=1S/C15H20N2O2/c1-2-5-15(16-8-3-1)17-12-6-7-13-14(11-12)19-10-4-9-18-13/h6-7,11H,1-5,8-10H2,(H,16,17). The van der Waals surface area contributed by atoms with E-state index in [0.717, 1.165) is 55.6 Å². The van der Waals surface area contributed by atoms with E-state index in [1.54, 1.807) is 0 Å². The number of hydrogen-bond acceptors (Lipinski definition) is 4. The average molecular weight is 260 g/mol. The first-order valence-corrected chi connectivity index (χ1v) is 7.12. The molecule has 4 heteroatoms. The van der Waals surface area contributed by atoms with Gasteiger partial charge in [0.2, 0.25) is 0 Å².